The number of hydrogen-bond acceptors (Lipinski definition) is 2. The average molecular weight is 435 g/mol. The van der Waals surface area contributed by atoms with Gasteiger partial charge < -0.3 is 0 Å². The van der Waals surface area contributed by atoms with Crippen molar-refractivity contribution in [2.75, 3.05) is 4.72 Å². The number of benzene rings is 3. The van der Waals surface area contributed by atoms with Crippen LogP contribution in [0.5, 0.6) is 0 Å². The smallest absolute Gasteiger partial charge is 0.262 e. The molecule has 0 atom stereocenters. The Labute approximate surface area is 159 Å². The molecule has 0 radical (unpaired) electrons. The summed E-state index contributed by atoms with van der Waals surface area (Å²) in [6.07, 6.45) is 0. The van der Waals surface area contributed by atoms with E-state index in [0.717, 1.165) is 12.1 Å². The van der Waals surface area contributed by atoms with Crippen LogP contribution in [0.1, 0.15) is 0 Å². The van der Waals surface area contributed by atoms with E-state index < -0.39 is 72.5 Å². The molecular weight excluding hydrogens is 427 g/mol. The molecule has 152 valence electrons. The van der Waals surface area contributed by atoms with Crippen LogP contribution in [0, 0.1) is 40.7 Å². The summed E-state index contributed by atoms with van der Waals surface area (Å²) in [6.45, 7) is 0. The summed E-state index contributed by atoms with van der Waals surface area (Å²) in [5.41, 5.74) is -3.77. The van der Waals surface area contributed by atoms with Gasteiger partial charge in [0.15, 0.2) is 40.7 Å². The number of sulfonamides is 1. The number of hydrogen-bond donors (Lipinski definition) is 1. The SMILES string of the molecule is O=S(=O)(Nc1c(F)c(F)c(F)c(F)c1-c1cc(F)c(F)c(F)c1)c1ccccc1. The van der Waals surface area contributed by atoms with Crippen molar-refractivity contribution < 1.29 is 39.2 Å². The van der Waals surface area contributed by atoms with E-state index in [4.69, 9.17) is 0 Å². The summed E-state index contributed by atoms with van der Waals surface area (Å²) in [6, 6.07) is 6.51. The zero-order chi connectivity index (χ0) is 21.5. The second-order valence-electron chi connectivity index (χ2n) is 5.68. The molecule has 29 heavy (non-hydrogen) atoms. The molecule has 0 bridgehead atoms. The maximum absolute atomic E-state index is 14.4. The summed E-state index contributed by atoms with van der Waals surface area (Å²) in [4.78, 5) is -0.452. The first-order valence-electron chi connectivity index (χ1n) is 7.63. The van der Waals surface area contributed by atoms with E-state index >= 15 is 0 Å². The molecule has 3 aromatic carbocycles. The molecule has 0 unspecified atom stereocenters. The highest BCUT2D eigenvalue weighted by atomic mass is 32.2. The molecular formula is C18H8F7NO2S. The fraction of sp³-hybridized carbons (Fsp3) is 0. The van der Waals surface area contributed by atoms with Crippen LogP contribution < -0.4 is 4.72 Å². The van der Waals surface area contributed by atoms with Crippen LogP contribution in [0.15, 0.2) is 47.4 Å². The van der Waals surface area contributed by atoms with Crippen molar-refractivity contribution in [3.8, 4) is 11.1 Å². The zero-order valence-electron chi connectivity index (χ0n) is 13.9. The van der Waals surface area contributed by atoms with Crippen LogP contribution in [0.25, 0.3) is 11.1 Å². The molecule has 0 aromatic heterocycles. The number of nitrogens with one attached hydrogen (secondary N) is 1. The normalized spacial score (nSPS) is 11.6. The predicted octanol–water partition coefficient (Wildman–Crippen LogP) is 5.13. The molecule has 3 aromatic rings. The molecule has 11 heteroatoms. The fourth-order valence-corrected chi connectivity index (χ4v) is 3.59. The standard InChI is InChI=1S/C18H8F7NO2S/c19-10-6-8(7-11(20)13(10)21)12-14(22)15(23)16(24)17(25)18(12)26-29(27,28)9-4-2-1-3-5-9/h1-7,26H. The monoisotopic (exact) mass is 435 g/mol. The van der Waals surface area contributed by atoms with Gasteiger partial charge in [0.25, 0.3) is 10.0 Å². The minimum atomic E-state index is -4.65. The second-order valence-corrected chi connectivity index (χ2v) is 7.36. The number of rotatable bonds is 4. The molecule has 0 aliphatic rings. The Kier molecular flexibility index (Phi) is 5.26. The van der Waals surface area contributed by atoms with Crippen molar-refractivity contribution in [3.05, 3.63) is 83.2 Å². The number of halogens is 7. The molecule has 0 fully saturated rings. The average Bonchev–Trinajstić information content (AvgIpc) is 2.69. The van der Waals surface area contributed by atoms with Crippen LogP contribution in [0.2, 0.25) is 0 Å². The van der Waals surface area contributed by atoms with Crippen molar-refractivity contribution in [3.63, 3.8) is 0 Å². The first kappa shape index (κ1) is 20.6. The third-order valence-corrected chi connectivity index (χ3v) is 5.20. The van der Waals surface area contributed by atoms with E-state index in [2.05, 4.69) is 0 Å². The topological polar surface area (TPSA) is 46.2 Å². The van der Waals surface area contributed by atoms with Crippen LogP contribution in [0.4, 0.5) is 36.4 Å². The van der Waals surface area contributed by atoms with Gasteiger partial charge in [-0.25, -0.2) is 39.2 Å². The highest BCUT2D eigenvalue weighted by Crippen LogP contribution is 2.38. The third-order valence-electron chi connectivity index (χ3n) is 3.83. The Morgan fingerprint density at radius 2 is 1.17 bits per heavy atom. The van der Waals surface area contributed by atoms with Crippen molar-refractivity contribution in [1.29, 1.82) is 0 Å². The Balaban J connectivity index is 2.30. The zero-order valence-corrected chi connectivity index (χ0v) is 14.7. The summed E-state index contributed by atoms with van der Waals surface area (Å²) < 4.78 is 123. The second kappa shape index (κ2) is 7.39. The maximum atomic E-state index is 14.4. The Bertz CT molecular complexity index is 1190. The molecule has 0 spiro atoms. The molecule has 0 saturated heterocycles. The van der Waals surface area contributed by atoms with Gasteiger partial charge in [0.05, 0.1) is 10.6 Å². The summed E-state index contributed by atoms with van der Waals surface area (Å²) in [5, 5.41) is 0. The summed E-state index contributed by atoms with van der Waals surface area (Å²) in [7, 11) is -4.65. The molecule has 0 aliphatic heterocycles. The maximum Gasteiger partial charge on any atom is 0.262 e. The predicted molar refractivity (Wildman–Crippen MR) is 88.8 cm³/mol. The van der Waals surface area contributed by atoms with Gasteiger partial charge in [-0.2, -0.15) is 0 Å². The Morgan fingerprint density at radius 3 is 1.72 bits per heavy atom. The van der Waals surface area contributed by atoms with Gasteiger partial charge in [-0.05, 0) is 29.8 Å². The van der Waals surface area contributed by atoms with Crippen LogP contribution in [-0.4, -0.2) is 8.42 Å². The molecule has 0 aliphatic carbocycles. The van der Waals surface area contributed by atoms with Crippen LogP contribution in [0.3, 0.4) is 0 Å². The van der Waals surface area contributed by atoms with Gasteiger partial charge >= 0.3 is 0 Å². The lowest BCUT2D eigenvalue weighted by atomic mass is 10.0. The molecule has 3 nitrogen and oxygen atoms in total. The van der Waals surface area contributed by atoms with Gasteiger partial charge in [0.2, 0.25) is 0 Å². The first-order valence-corrected chi connectivity index (χ1v) is 9.11. The van der Waals surface area contributed by atoms with E-state index in [9.17, 15) is 39.2 Å². The highest BCUT2D eigenvalue weighted by molar-refractivity contribution is 7.92. The molecule has 0 amide bonds. The summed E-state index contributed by atoms with van der Waals surface area (Å²) >= 11 is 0. The van der Waals surface area contributed by atoms with E-state index in [-0.39, 0.29) is 12.1 Å². The van der Waals surface area contributed by atoms with Gasteiger partial charge in [-0.3, -0.25) is 4.72 Å². The Morgan fingerprint density at radius 1 is 0.655 bits per heavy atom. The third kappa shape index (κ3) is 3.65. The molecule has 1 N–H and O–H groups in total. The minimum absolute atomic E-state index is 0.175. The van der Waals surface area contributed by atoms with E-state index in [1.54, 1.807) is 4.72 Å². The van der Waals surface area contributed by atoms with E-state index in [1.807, 2.05) is 0 Å². The van der Waals surface area contributed by atoms with Gasteiger partial charge in [0.1, 0.15) is 0 Å². The van der Waals surface area contributed by atoms with Crippen LogP contribution >= 0.6 is 0 Å². The lowest BCUT2D eigenvalue weighted by Crippen LogP contribution is -2.17. The lowest BCUT2D eigenvalue weighted by Gasteiger charge is -2.16. The quantitative estimate of drug-likeness (QED) is 0.351. The highest BCUT2D eigenvalue weighted by Gasteiger charge is 2.30. The van der Waals surface area contributed by atoms with Crippen molar-refractivity contribution >= 4 is 15.7 Å². The van der Waals surface area contributed by atoms with E-state index in [1.165, 1.54) is 18.2 Å². The molecule has 0 heterocycles. The Hall–Kier alpha value is -3.08. The largest absolute Gasteiger partial charge is 0.276 e. The van der Waals surface area contributed by atoms with Crippen molar-refractivity contribution in [1.82, 2.24) is 0 Å². The van der Waals surface area contributed by atoms with Crippen molar-refractivity contribution in [2.24, 2.45) is 0 Å². The minimum Gasteiger partial charge on any atom is -0.276 e. The van der Waals surface area contributed by atoms with Gasteiger partial charge in [-0.15, -0.1) is 0 Å². The first-order chi connectivity index (χ1) is 13.5. The lowest BCUT2D eigenvalue weighted by molar-refractivity contribution is 0.412. The summed E-state index contributed by atoms with van der Waals surface area (Å²) in [5.74, 6) is -14.7. The fourth-order valence-electron chi connectivity index (χ4n) is 2.49. The van der Waals surface area contributed by atoms with Gasteiger partial charge in [0, 0.05) is 5.56 Å². The van der Waals surface area contributed by atoms with Crippen molar-refractivity contribution in [2.45, 2.75) is 4.90 Å². The molecule has 3 rings (SSSR count). The van der Waals surface area contributed by atoms with Gasteiger partial charge in [-0.1, -0.05) is 18.2 Å². The molecule has 0 saturated carbocycles. The van der Waals surface area contributed by atoms with Crippen LogP contribution in [-0.2, 0) is 10.0 Å². The number of anilines is 1. The van der Waals surface area contributed by atoms with E-state index in [0.29, 0.717) is 0 Å².